The molecule has 3 saturated heterocycles. The molecular weight excluding hydrogens is 460 g/mol. The first-order chi connectivity index (χ1) is 16.5. The lowest BCUT2D eigenvalue weighted by Gasteiger charge is -2.52. The molecule has 0 unspecified atom stereocenters. The second-order valence-corrected chi connectivity index (χ2v) is 9.62. The van der Waals surface area contributed by atoms with Crippen LogP contribution < -0.4 is 10.0 Å². The van der Waals surface area contributed by atoms with Crippen LogP contribution in [0.25, 0.3) is 0 Å². The standard InChI is InChI=1S/C23H33N2O5S.CH2O2/c1-24(22-19(7-15-31-22)16-20-4-3-11-29-20)23(26)30-21-17-25(8-5-18(21)6-9-25)10-12-28-14-13-27-2;2-1-3/h3-4,7,11,15,18,21H,5-6,8-10,12-14,16-17H2,1-2H3;1H,(H,2,3)/q+1;/p-1/t18?,21-,25?;/m0./s1. The zero-order valence-corrected chi connectivity index (χ0v) is 20.7. The molecule has 0 saturated carbocycles. The predicted molar refractivity (Wildman–Crippen MR) is 126 cm³/mol. The van der Waals surface area contributed by atoms with Gasteiger partial charge in [0.05, 0.1) is 39.2 Å². The van der Waals surface area contributed by atoms with Gasteiger partial charge >= 0.3 is 6.09 Å². The third kappa shape index (κ3) is 6.82. The number of methoxy groups -OCH3 is 1. The number of fused-ring (bicyclic) bond motifs is 3. The molecule has 188 valence electrons. The first-order valence-electron chi connectivity index (χ1n) is 11.5. The minimum absolute atomic E-state index is 0.0232. The van der Waals surface area contributed by atoms with E-state index in [0.29, 0.717) is 25.6 Å². The highest BCUT2D eigenvalue weighted by molar-refractivity contribution is 7.14. The van der Waals surface area contributed by atoms with Gasteiger partial charge in [-0.2, -0.15) is 0 Å². The molecule has 2 aromatic heterocycles. The highest BCUT2D eigenvalue weighted by Crippen LogP contribution is 2.36. The Morgan fingerprint density at radius 1 is 1.29 bits per heavy atom. The molecule has 9 nitrogen and oxygen atoms in total. The summed E-state index contributed by atoms with van der Waals surface area (Å²) in [5, 5.41) is 11.2. The fourth-order valence-corrected chi connectivity index (χ4v) is 5.71. The summed E-state index contributed by atoms with van der Waals surface area (Å²) < 4.78 is 23.3. The lowest BCUT2D eigenvalue weighted by atomic mass is 9.83. The molecule has 5 rings (SSSR count). The molecule has 0 aliphatic carbocycles. The number of anilines is 1. The third-order valence-electron chi connectivity index (χ3n) is 6.68. The maximum atomic E-state index is 13.0. The molecule has 0 aromatic carbocycles. The first-order valence-corrected chi connectivity index (χ1v) is 12.4. The molecule has 1 amide bonds. The zero-order valence-electron chi connectivity index (χ0n) is 19.9. The second-order valence-electron chi connectivity index (χ2n) is 8.72. The number of nitrogens with zero attached hydrogens (tertiary/aromatic N) is 2. The van der Waals surface area contributed by atoms with Crippen molar-refractivity contribution in [3.63, 3.8) is 0 Å². The van der Waals surface area contributed by atoms with Crippen molar-refractivity contribution in [1.82, 2.24) is 0 Å². The van der Waals surface area contributed by atoms with Gasteiger partial charge in [-0.3, -0.25) is 4.90 Å². The Morgan fingerprint density at radius 2 is 2.06 bits per heavy atom. The number of furan rings is 1. The van der Waals surface area contributed by atoms with E-state index in [9.17, 15) is 4.79 Å². The van der Waals surface area contributed by atoms with Crippen LogP contribution in [0.2, 0.25) is 0 Å². The number of hydrogen-bond donors (Lipinski definition) is 0. The van der Waals surface area contributed by atoms with Gasteiger partial charge in [-0.05, 0) is 29.1 Å². The summed E-state index contributed by atoms with van der Waals surface area (Å²) in [5.41, 5.74) is 1.07. The van der Waals surface area contributed by atoms with Crippen molar-refractivity contribution >= 4 is 28.9 Å². The number of carbonyl (C=O) groups excluding carboxylic acids is 2. The van der Waals surface area contributed by atoms with E-state index in [4.69, 9.17) is 28.5 Å². The molecule has 0 radical (unpaired) electrons. The van der Waals surface area contributed by atoms with E-state index in [-0.39, 0.29) is 12.2 Å². The van der Waals surface area contributed by atoms with Crippen LogP contribution in [0.4, 0.5) is 9.80 Å². The van der Waals surface area contributed by atoms with Crippen LogP contribution in [-0.4, -0.2) is 83.3 Å². The van der Waals surface area contributed by atoms with Gasteiger partial charge in [0.25, 0.3) is 0 Å². The van der Waals surface area contributed by atoms with Crippen molar-refractivity contribution in [2.75, 3.05) is 65.1 Å². The molecule has 2 aromatic rings. The number of amides is 1. The molecule has 0 N–H and O–H groups in total. The number of quaternary nitrogens is 1. The predicted octanol–water partition coefficient (Wildman–Crippen LogP) is 2.14. The smallest absolute Gasteiger partial charge is 0.415 e. The van der Waals surface area contributed by atoms with Crippen molar-refractivity contribution in [2.24, 2.45) is 5.92 Å². The summed E-state index contributed by atoms with van der Waals surface area (Å²) in [6.07, 6.45) is 4.28. The molecule has 2 bridgehead atoms. The number of thiophene rings is 1. The summed E-state index contributed by atoms with van der Waals surface area (Å²) in [6, 6.07) is 5.88. The van der Waals surface area contributed by atoms with E-state index in [0.717, 1.165) is 66.4 Å². The van der Waals surface area contributed by atoms with Crippen LogP contribution >= 0.6 is 11.3 Å². The van der Waals surface area contributed by atoms with Crippen LogP contribution in [0, 0.1) is 5.92 Å². The Bertz CT molecular complexity index is 878. The lowest BCUT2D eigenvalue weighted by Crippen LogP contribution is -2.65. The molecule has 3 aliphatic heterocycles. The summed E-state index contributed by atoms with van der Waals surface area (Å²) >= 11 is 1.55. The fraction of sp³-hybridized carbons (Fsp3) is 0.583. The Kier molecular flexibility index (Phi) is 9.94. The average molecular weight is 495 g/mol. The van der Waals surface area contributed by atoms with Gasteiger partial charge in [-0.25, -0.2) is 4.79 Å². The Hall–Kier alpha value is -2.40. The normalized spacial score (nSPS) is 23.1. The highest BCUT2D eigenvalue weighted by atomic mass is 32.1. The van der Waals surface area contributed by atoms with E-state index in [1.165, 1.54) is 0 Å². The van der Waals surface area contributed by atoms with E-state index >= 15 is 0 Å². The SMILES string of the molecule is COCCOCC[N+]12CCC(CC1)[C@@H](OC(=O)N(C)c1sccc1Cc1ccco1)C2.O=C[O-]. The first kappa shape index (κ1) is 26.2. The lowest BCUT2D eigenvalue weighted by molar-refractivity contribution is -0.946. The van der Waals surface area contributed by atoms with Gasteiger partial charge in [0.1, 0.15) is 23.9 Å². The van der Waals surface area contributed by atoms with E-state index in [1.807, 2.05) is 23.6 Å². The second kappa shape index (κ2) is 12.9. The number of ether oxygens (including phenoxy) is 3. The highest BCUT2D eigenvalue weighted by Gasteiger charge is 2.47. The summed E-state index contributed by atoms with van der Waals surface area (Å²) in [6.45, 7) is 5.64. The monoisotopic (exact) mass is 494 g/mol. The Labute approximate surface area is 204 Å². The van der Waals surface area contributed by atoms with Crippen molar-refractivity contribution in [2.45, 2.75) is 25.4 Å². The fourth-order valence-electron chi connectivity index (χ4n) is 4.82. The summed E-state index contributed by atoms with van der Waals surface area (Å²) in [7, 11) is 3.49. The minimum atomic E-state index is -0.500. The van der Waals surface area contributed by atoms with Gasteiger partial charge in [0, 0.05) is 45.8 Å². The molecule has 3 fully saturated rings. The molecule has 1 atom stereocenters. The number of rotatable bonds is 10. The van der Waals surface area contributed by atoms with Crippen molar-refractivity contribution in [3.05, 3.63) is 41.2 Å². The molecule has 10 heteroatoms. The van der Waals surface area contributed by atoms with Gasteiger partial charge in [-0.15, -0.1) is 11.3 Å². The van der Waals surface area contributed by atoms with Crippen molar-refractivity contribution in [1.29, 1.82) is 0 Å². The van der Waals surface area contributed by atoms with Gasteiger partial charge in [0.15, 0.2) is 6.10 Å². The van der Waals surface area contributed by atoms with E-state index < -0.39 is 6.47 Å². The largest absolute Gasteiger partial charge is 0.554 e. The van der Waals surface area contributed by atoms with Gasteiger partial charge < -0.3 is 33.0 Å². The van der Waals surface area contributed by atoms with Crippen LogP contribution in [0.1, 0.15) is 24.2 Å². The summed E-state index contributed by atoms with van der Waals surface area (Å²) in [4.78, 5) is 22.9. The van der Waals surface area contributed by atoms with Crippen LogP contribution in [0.5, 0.6) is 0 Å². The topological polar surface area (TPSA) is 101 Å². The number of hydrogen-bond acceptors (Lipinski definition) is 8. The third-order valence-corrected chi connectivity index (χ3v) is 7.71. The minimum Gasteiger partial charge on any atom is -0.554 e. The Morgan fingerprint density at radius 3 is 2.74 bits per heavy atom. The van der Waals surface area contributed by atoms with Crippen molar-refractivity contribution in [3.8, 4) is 0 Å². The maximum Gasteiger partial charge on any atom is 0.415 e. The van der Waals surface area contributed by atoms with Crippen LogP contribution in [-0.2, 0) is 25.4 Å². The average Bonchev–Trinajstić information content (AvgIpc) is 3.52. The molecule has 3 aliphatic rings. The number of piperidine rings is 3. The van der Waals surface area contributed by atoms with Gasteiger partial charge in [-0.1, -0.05) is 0 Å². The van der Waals surface area contributed by atoms with E-state index in [1.54, 1.807) is 36.7 Å². The molecular formula is C24H34N2O7S. The number of carbonyl (C=O) groups is 2. The van der Waals surface area contributed by atoms with E-state index in [2.05, 4.69) is 0 Å². The summed E-state index contributed by atoms with van der Waals surface area (Å²) in [5.74, 6) is 1.36. The Balaban J connectivity index is 0.00000103. The van der Waals surface area contributed by atoms with Crippen molar-refractivity contribution < 1.29 is 37.8 Å². The van der Waals surface area contributed by atoms with Crippen LogP contribution in [0.3, 0.4) is 0 Å². The maximum absolute atomic E-state index is 13.0. The number of carboxylic acid groups (broad SMARTS) is 1. The molecule has 0 spiro atoms. The molecule has 5 heterocycles. The quantitative estimate of drug-likeness (QED) is 0.283. The zero-order chi connectivity index (χ0) is 24.4. The van der Waals surface area contributed by atoms with Gasteiger partial charge in [0.2, 0.25) is 0 Å². The van der Waals surface area contributed by atoms with Crippen LogP contribution in [0.15, 0.2) is 34.3 Å². The molecule has 34 heavy (non-hydrogen) atoms.